The van der Waals surface area contributed by atoms with Gasteiger partial charge in [0, 0.05) is 12.2 Å². The lowest BCUT2D eigenvalue weighted by atomic mass is 10.2. The minimum absolute atomic E-state index is 0.129. The van der Waals surface area contributed by atoms with Crippen LogP contribution in [0.2, 0.25) is 0 Å². The molecule has 0 unspecified atom stereocenters. The number of hydrogen-bond acceptors (Lipinski definition) is 4. The van der Waals surface area contributed by atoms with Gasteiger partial charge in [-0.3, -0.25) is 0 Å². The molecule has 16 heavy (non-hydrogen) atoms. The van der Waals surface area contributed by atoms with Gasteiger partial charge in [0.15, 0.2) is 0 Å². The van der Waals surface area contributed by atoms with Crippen molar-refractivity contribution in [2.24, 2.45) is 10.9 Å². The third-order valence-electron chi connectivity index (χ3n) is 2.03. The van der Waals surface area contributed by atoms with Crippen LogP contribution in [0.5, 0.6) is 0 Å². The summed E-state index contributed by atoms with van der Waals surface area (Å²) >= 11 is 0. The monoisotopic (exact) mass is 243 g/mol. The molecule has 0 fully saturated rings. The molecule has 0 saturated heterocycles. The Morgan fingerprint density at radius 1 is 1.19 bits per heavy atom. The predicted octanol–water partition coefficient (Wildman–Crippen LogP) is 0.236. The maximum absolute atomic E-state index is 10.8. The molecule has 0 radical (unpaired) electrons. The summed E-state index contributed by atoms with van der Waals surface area (Å²) in [5.74, 6) is -0.129. The van der Waals surface area contributed by atoms with Crippen LogP contribution in [0, 0.1) is 0 Å². The number of nitrogens with two attached hydrogens (primary N) is 2. The Labute approximate surface area is 95.9 Å². The van der Waals surface area contributed by atoms with E-state index >= 15 is 0 Å². The fourth-order valence-corrected chi connectivity index (χ4v) is 1.94. The molecular formula is C10H17N3O2S. The van der Waals surface area contributed by atoms with Crippen molar-refractivity contribution in [2.75, 3.05) is 18.4 Å². The van der Waals surface area contributed by atoms with Crippen molar-refractivity contribution < 1.29 is 8.42 Å². The predicted molar refractivity (Wildman–Crippen MR) is 65.4 cm³/mol. The standard InChI is InChI=1S/C10H17N3O2S/c11-6-1-7-13-10-4-2-9(3-5-10)8-16(12,14)15/h2-5,13H,1,6-8,11H2,(H2,12,14,15). The molecule has 0 amide bonds. The van der Waals surface area contributed by atoms with Crippen molar-refractivity contribution in [1.82, 2.24) is 0 Å². The maximum Gasteiger partial charge on any atom is 0.213 e. The van der Waals surface area contributed by atoms with E-state index in [1.165, 1.54) is 0 Å². The highest BCUT2D eigenvalue weighted by Crippen LogP contribution is 2.10. The van der Waals surface area contributed by atoms with Gasteiger partial charge in [0.1, 0.15) is 0 Å². The molecule has 1 aromatic rings. The van der Waals surface area contributed by atoms with E-state index in [1.807, 2.05) is 12.1 Å². The lowest BCUT2D eigenvalue weighted by Gasteiger charge is -2.06. The summed E-state index contributed by atoms with van der Waals surface area (Å²) in [6.07, 6.45) is 0.902. The number of hydrogen-bond donors (Lipinski definition) is 3. The first-order valence-electron chi connectivity index (χ1n) is 5.04. The number of rotatable bonds is 6. The fraction of sp³-hybridized carbons (Fsp3) is 0.400. The van der Waals surface area contributed by atoms with Crippen LogP contribution in [-0.2, 0) is 15.8 Å². The molecule has 0 aromatic heterocycles. The van der Waals surface area contributed by atoms with Gasteiger partial charge in [-0.05, 0) is 30.7 Å². The first-order valence-corrected chi connectivity index (χ1v) is 6.76. The van der Waals surface area contributed by atoms with Crippen LogP contribution in [0.15, 0.2) is 24.3 Å². The van der Waals surface area contributed by atoms with Gasteiger partial charge in [0.05, 0.1) is 5.75 Å². The molecule has 90 valence electrons. The van der Waals surface area contributed by atoms with Gasteiger partial charge in [-0.15, -0.1) is 0 Å². The third-order valence-corrected chi connectivity index (χ3v) is 2.77. The minimum atomic E-state index is -3.45. The van der Waals surface area contributed by atoms with Crippen LogP contribution in [0.1, 0.15) is 12.0 Å². The number of nitrogens with one attached hydrogen (secondary N) is 1. The molecule has 0 bridgehead atoms. The zero-order valence-corrected chi connectivity index (χ0v) is 9.83. The Morgan fingerprint density at radius 3 is 2.31 bits per heavy atom. The van der Waals surface area contributed by atoms with Crippen LogP contribution in [0.4, 0.5) is 5.69 Å². The number of sulfonamides is 1. The van der Waals surface area contributed by atoms with Crippen LogP contribution in [0.25, 0.3) is 0 Å². The first kappa shape index (κ1) is 13.0. The van der Waals surface area contributed by atoms with Crippen molar-refractivity contribution in [2.45, 2.75) is 12.2 Å². The second-order valence-electron chi connectivity index (χ2n) is 3.57. The molecule has 0 aliphatic heterocycles. The van der Waals surface area contributed by atoms with E-state index in [9.17, 15) is 8.42 Å². The van der Waals surface area contributed by atoms with E-state index in [2.05, 4.69) is 5.32 Å². The van der Waals surface area contributed by atoms with Gasteiger partial charge in [-0.25, -0.2) is 13.6 Å². The summed E-state index contributed by atoms with van der Waals surface area (Å²) in [7, 11) is -3.45. The SMILES string of the molecule is NCCCNc1ccc(CS(N)(=O)=O)cc1. The fourth-order valence-electron chi connectivity index (χ4n) is 1.29. The summed E-state index contributed by atoms with van der Waals surface area (Å²) in [6.45, 7) is 1.46. The van der Waals surface area contributed by atoms with Crippen LogP contribution >= 0.6 is 0 Å². The molecule has 0 saturated carbocycles. The largest absolute Gasteiger partial charge is 0.385 e. The molecule has 1 rings (SSSR count). The van der Waals surface area contributed by atoms with Crippen molar-refractivity contribution in [3.05, 3.63) is 29.8 Å². The second-order valence-corrected chi connectivity index (χ2v) is 5.19. The Kier molecular flexibility index (Phi) is 4.72. The quantitative estimate of drug-likeness (QED) is 0.623. The Bertz CT molecular complexity index is 414. The van der Waals surface area contributed by atoms with E-state index in [1.54, 1.807) is 12.1 Å². The zero-order valence-electron chi connectivity index (χ0n) is 9.02. The normalized spacial score (nSPS) is 11.4. The van der Waals surface area contributed by atoms with Gasteiger partial charge in [-0.2, -0.15) is 0 Å². The topological polar surface area (TPSA) is 98.2 Å². The Hall–Kier alpha value is -1.11. The lowest BCUT2D eigenvalue weighted by molar-refractivity contribution is 0.597. The van der Waals surface area contributed by atoms with Gasteiger partial charge in [0.2, 0.25) is 10.0 Å². The zero-order chi connectivity index (χ0) is 12.0. The summed E-state index contributed by atoms with van der Waals surface area (Å²) in [6, 6.07) is 7.15. The summed E-state index contributed by atoms with van der Waals surface area (Å²) in [5, 5.41) is 8.12. The third kappa shape index (κ3) is 5.11. The molecule has 0 aliphatic carbocycles. The molecule has 0 aliphatic rings. The van der Waals surface area contributed by atoms with E-state index in [4.69, 9.17) is 10.9 Å². The maximum atomic E-state index is 10.8. The van der Waals surface area contributed by atoms with Gasteiger partial charge < -0.3 is 11.1 Å². The highest BCUT2D eigenvalue weighted by Gasteiger charge is 2.04. The molecule has 5 N–H and O–H groups in total. The first-order chi connectivity index (χ1) is 7.51. The highest BCUT2D eigenvalue weighted by molar-refractivity contribution is 7.88. The molecule has 6 heteroatoms. The second kappa shape index (κ2) is 5.83. The number of anilines is 1. The van der Waals surface area contributed by atoms with Crippen LogP contribution < -0.4 is 16.2 Å². The average Bonchev–Trinajstić information content (AvgIpc) is 2.19. The average molecular weight is 243 g/mol. The van der Waals surface area contributed by atoms with E-state index in [0.717, 1.165) is 18.7 Å². The van der Waals surface area contributed by atoms with Crippen molar-refractivity contribution >= 4 is 15.7 Å². The molecule has 0 spiro atoms. The summed E-state index contributed by atoms with van der Waals surface area (Å²) in [5.41, 5.74) is 7.00. The molecule has 0 atom stereocenters. The molecule has 0 heterocycles. The minimum Gasteiger partial charge on any atom is -0.385 e. The van der Waals surface area contributed by atoms with Crippen molar-refractivity contribution in [3.8, 4) is 0 Å². The van der Waals surface area contributed by atoms with Crippen molar-refractivity contribution in [3.63, 3.8) is 0 Å². The number of benzene rings is 1. The lowest BCUT2D eigenvalue weighted by Crippen LogP contribution is -2.14. The van der Waals surface area contributed by atoms with Crippen LogP contribution in [-0.4, -0.2) is 21.5 Å². The van der Waals surface area contributed by atoms with Gasteiger partial charge >= 0.3 is 0 Å². The Balaban J connectivity index is 2.54. The summed E-state index contributed by atoms with van der Waals surface area (Å²) in [4.78, 5) is 0. The molecular weight excluding hydrogens is 226 g/mol. The number of primary sulfonamides is 1. The summed E-state index contributed by atoms with van der Waals surface area (Å²) < 4.78 is 21.7. The van der Waals surface area contributed by atoms with E-state index in [-0.39, 0.29) is 5.75 Å². The van der Waals surface area contributed by atoms with Gasteiger partial charge in [-0.1, -0.05) is 12.1 Å². The molecule has 5 nitrogen and oxygen atoms in total. The van der Waals surface area contributed by atoms with Crippen molar-refractivity contribution in [1.29, 1.82) is 0 Å². The molecule has 1 aromatic carbocycles. The van der Waals surface area contributed by atoms with Gasteiger partial charge in [0.25, 0.3) is 0 Å². The van der Waals surface area contributed by atoms with E-state index in [0.29, 0.717) is 12.1 Å². The van der Waals surface area contributed by atoms with E-state index < -0.39 is 10.0 Å². The Morgan fingerprint density at radius 2 is 1.81 bits per heavy atom. The van der Waals surface area contributed by atoms with Crippen LogP contribution in [0.3, 0.4) is 0 Å². The highest BCUT2D eigenvalue weighted by atomic mass is 32.2. The smallest absolute Gasteiger partial charge is 0.213 e.